The summed E-state index contributed by atoms with van der Waals surface area (Å²) in [7, 11) is 0. The van der Waals surface area contributed by atoms with Gasteiger partial charge in [-0.1, -0.05) is 72.8 Å². The van der Waals surface area contributed by atoms with Crippen LogP contribution in [0.4, 0.5) is 0 Å². The molecule has 0 bridgehead atoms. The molecule has 0 heterocycles. The maximum absolute atomic E-state index is 9.24. The Morgan fingerprint density at radius 2 is 1.00 bits per heavy atom. The number of aliphatic hydroxyl groups excluding tert-OH is 2. The van der Waals surface area contributed by atoms with E-state index in [4.69, 9.17) is 9.47 Å². The van der Waals surface area contributed by atoms with Gasteiger partial charge in [-0.3, -0.25) is 0 Å². The van der Waals surface area contributed by atoms with E-state index in [9.17, 15) is 10.2 Å². The molecule has 0 fully saturated rings. The molecule has 0 amide bonds. The van der Waals surface area contributed by atoms with E-state index in [-0.39, 0.29) is 26.4 Å². The molecule has 1 aliphatic carbocycles. The van der Waals surface area contributed by atoms with Gasteiger partial charge in [0.15, 0.2) is 0 Å². The molecule has 0 saturated carbocycles. The summed E-state index contributed by atoms with van der Waals surface area (Å²) >= 11 is 0. The third-order valence-electron chi connectivity index (χ3n) is 6.21. The average Bonchev–Trinajstić information content (AvgIpc) is 3.18. The molecule has 0 aromatic heterocycles. The first-order chi connectivity index (χ1) is 16.3. The van der Waals surface area contributed by atoms with Crippen LogP contribution in [0.2, 0.25) is 0 Å². The van der Waals surface area contributed by atoms with Crippen LogP contribution in [0.1, 0.15) is 22.3 Å². The standard InChI is InChI=1S/C29H26O4/c30-15-17-32-23-9-5-7-21(19-23)29(22-8-6-10-24(20-22)33-18-16-31)27-13-3-1-11-25(27)26-12-2-4-14-28(26)29/h1-14,19-20,30-31H,15-18H2. The fourth-order valence-electron chi connectivity index (χ4n) is 4.99. The maximum atomic E-state index is 9.24. The van der Waals surface area contributed by atoms with Crippen molar-refractivity contribution >= 4 is 0 Å². The Balaban J connectivity index is 1.80. The normalized spacial score (nSPS) is 13.3. The molecule has 0 saturated heterocycles. The van der Waals surface area contributed by atoms with Gasteiger partial charge in [0.05, 0.1) is 18.6 Å². The molecule has 0 atom stereocenters. The highest BCUT2D eigenvalue weighted by atomic mass is 16.5. The van der Waals surface area contributed by atoms with Gasteiger partial charge in [0.1, 0.15) is 24.7 Å². The Labute approximate surface area is 193 Å². The molecular formula is C29H26O4. The highest BCUT2D eigenvalue weighted by Gasteiger charge is 2.46. The molecule has 0 spiro atoms. The van der Waals surface area contributed by atoms with Crippen molar-refractivity contribution in [1.29, 1.82) is 0 Å². The number of rotatable bonds is 8. The zero-order valence-electron chi connectivity index (χ0n) is 18.3. The lowest BCUT2D eigenvalue weighted by Gasteiger charge is -2.34. The first-order valence-electron chi connectivity index (χ1n) is 11.2. The predicted octanol–water partition coefficient (Wildman–Crippen LogP) is 4.79. The van der Waals surface area contributed by atoms with Gasteiger partial charge >= 0.3 is 0 Å². The van der Waals surface area contributed by atoms with Gasteiger partial charge in [-0.2, -0.15) is 0 Å². The van der Waals surface area contributed by atoms with E-state index < -0.39 is 5.41 Å². The second-order valence-electron chi connectivity index (χ2n) is 8.04. The molecule has 4 aromatic rings. The van der Waals surface area contributed by atoms with E-state index in [0.29, 0.717) is 0 Å². The minimum atomic E-state index is -0.565. The molecule has 4 heteroatoms. The van der Waals surface area contributed by atoms with Crippen LogP contribution in [0.15, 0.2) is 97.1 Å². The van der Waals surface area contributed by atoms with Gasteiger partial charge in [0, 0.05) is 0 Å². The number of hydrogen-bond acceptors (Lipinski definition) is 4. The third-order valence-corrected chi connectivity index (χ3v) is 6.21. The van der Waals surface area contributed by atoms with Crippen LogP contribution in [0, 0.1) is 0 Å². The number of fused-ring (bicyclic) bond motifs is 3. The fourth-order valence-corrected chi connectivity index (χ4v) is 4.99. The molecule has 0 radical (unpaired) electrons. The zero-order chi connectivity index (χ0) is 22.7. The van der Waals surface area contributed by atoms with Crippen molar-refractivity contribution in [2.45, 2.75) is 5.41 Å². The van der Waals surface area contributed by atoms with Crippen LogP contribution < -0.4 is 9.47 Å². The monoisotopic (exact) mass is 438 g/mol. The van der Waals surface area contributed by atoms with Gasteiger partial charge in [-0.05, 0) is 57.6 Å². The SMILES string of the molecule is OCCOc1cccc(C2(c3cccc(OCCO)c3)c3ccccc3-c3ccccc32)c1. The van der Waals surface area contributed by atoms with Crippen molar-refractivity contribution < 1.29 is 19.7 Å². The second-order valence-corrected chi connectivity index (χ2v) is 8.04. The maximum Gasteiger partial charge on any atom is 0.119 e. The van der Waals surface area contributed by atoms with Gasteiger partial charge in [-0.25, -0.2) is 0 Å². The van der Waals surface area contributed by atoms with Gasteiger partial charge in [0.2, 0.25) is 0 Å². The summed E-state index contributed by atoms with van der Waals surface area (Å²) in [6.45, 7) is 0.415. The molecule has 0 unspecified atom stereocenters. The lowest BCUT2D eigenvalue weighted by molar-refractivity contribution is 0.201. The molecule has 1 aliphatic rings. The molecular weight excluding hydrogens is 412 g/mol. The Morgan fingerprint density at radius 1 is 0.545 bits per heavy atom. The topological polar surface area (TPSA) is 58.9 Å². The largest absolute Gasteiger partial charge is 0.491 e. The zero-order valence-corrected chi connectivity index (χ0v) is 18.3. The Kier molecular flexibility index (Phi) is 5.86. The Hall–Kier alpha value is -3.60. The third kappa shape index (κ3) is 3.58. The van der Waals surface area contributed by atoms with Crippen molar-refractivity contribution in [2.75, 3.05) is 26.4 Å². The smallest absolute Gasteiger partial charge is 0.119 e. The van der Waals surface area contributed by atoms with E-state index in [2.05, 4.69) is 72.8 Å². The van der Waals surface area contributed by atoms with Crippen molar-refractivity contribution in [1.82, 2.24) is 0 Å². The van der Waals surface area contributed by atoms with E-state index in [1.54, 1.807) is 0 Å². The number of aliphatic hydroxyl groups is 2. The van der Waals surface area contributed by atoms with Crippen LogP contribution in [0.5, 0.6) is 11.5 Å². The summed E-state index contributed by atoms with van der Waals surface area (Å²) in [6.07, 6.45) is 0. The molecule has 5 rings (SSSR count). The van der Waals surface area contributed by atoms with Crippen molar-refractivity contribution in [3.05, 3.63) is 119 Å². The summed E-state index contributed by atoms with van der Waals surface area (Å²) in [6, 6.07) is 33.3. The van der Waals surface area contributed by atoms with E-state index in [1.807, 2.05) is 24.3 Å². The number of benzene rings is 4. The van der Waals surface area contributed by atoms with E-state index in [1.165, 1.54) is 22.3 Å². The van der Waals surface area contributed by atoms with Gasteiger partial charge < -0.3 is 19.7 Å². The minimum Gasteiger partial charge on any atom is -0.491 e. The van der Waals surface area contributed by atoms with Gasteiger partial charge in [0.25, 0.3) is 0 Å². The predicted molar refractivity (Wildman–Crippen MR) is 129 cm³/mol. The van der Waals surface area contributed by atoms with Gasteiger partial charge in [-0.15, -0.1) is 0 Å². The summed E-state index contributed by atoms with van der Waals surface area (Å²) in [5.74, 6) is 1.44. The van der Waals surface area contributed by atoms with Crippen molar-refractivity contribution in [3.63, 3.8) is 0 Å². The molecule has 4 aromatic carbocycles. The molecule has 2 N–H and O–H groups in total. The average molecular weight is 439 g/mol. The first-order valence-corrected chi connectivity index (χ1v) is 11.2. The van der Waals surface area contributed by atoms with Crippen LogP contribution >= 0.6 is 0 Å². The Morgan fingerprint density at radius 3 is 1.45 bits per heavy atom. The Bertz CT molecular complexity index is 1160. The lowest BCUT2D eigenvalue weighted by atomic mass is 9.67. The quantitative estimate of drug-likeness (QED) is 0.366. The summed E-state index contributed by atoms with van der Waals surface area (Å²) < 4.78 is 11.6. The highest BCUT2D eigenvalue weighted by Crippen LogP contribution is 2.56. The number of hydrogen-bond donors (Lipinski definition) is 2. The second kappa shape index (κ2) is 9.10. The summed E-state index contributed by atoms with van der Waals surface area (Å²) in [4.78, 5) is 0. The lowest BCUT2D eigenvalue weighted by Crippen LogP contribution is -2.28. The number of ether oxygens (including phenoxy) is 2. The fraction of sp³-hybridized carbons (Fsp3) is 0.172. The highest BCUT2D eigenvalue weighted by molar-refractivity contribution is 5.86. The van der Waals surface area contributed by atoms with Crippen LogP contribution in [-0.4, -0.2) is 36.6 Å². The van der Waals surface area contributed by atoms with E-state index >= 15 is 0 Å². The molecule has 4 nitrogen and oxygen atoms in total. The van der Waals surface area contributed by atoms with Crippen LogP contribution in [0.25, 0.3) is 11.1 Å². The summed E-state index contributed by atoms with van der Waals surface area (Å²) in [5.41, 5.74) is 6.40. The van der Waals surface area contributed by atoms with Crippen molar-refractivity contribution in [2.24, 2.45) is 0 Å². The van der Waals surface area contributed by atoms with Crippen LogP contribution in [0.3, 0.4) is 0 Å². The summed E-state index contributed by atoms with van der Waals surface area (Å²) in [5, 5.41) is 18.5. The van der Waals surface area contributed by atoms with E-state index in [0.717, 1.165) is 22.6 Å². The first kappa shape index (κ1) is 21.3. The minimum absolute atomic E-state index is 0.0364. The van der Waals surface area contributed by atoms with Crippen LogP contribution in [-0.2, 0) is 5.41 Å². The molecule has 166 valence electrons. The van der Waals surface area contributed by atoms with Crippen molar-refractivity contribution in [3.8, 4) is 22.6 Å². The molecule has 0 aliphatic heterocycles. The molecule has 33 heavy (non-hydrogen) atoms.